The maximum atomic E-state index is 10.3. The molecule has 0 N–H and O–H groups in total. The van der Waals surface area contributed by atoms with Crippen LogP contribution in [0.4, 0.5) is 0 Å². The van der Waals surface area contributed by atoms with Gasteiger partial charge in [0.05, 0.1) is 13.2 Å². The quantitative estimate of drug-likeness (QED) is 0.399. The molecular weight excluding hydrogens is 260 g/mol. The van der Waals surface area contributed by atoms with Gasteiger partial charge >= 0.3 is 0 Å². The molecule has 0 unspecified atom stereocenters. The third-order valence-electron chi connectivity index (χ3n) is 3.80. The molecule has 0 fully saturated rings. The van der Waals surface area contributed by atoms with Gasteiger partial charge in [0, 0.05) is 0 Å². The van der Waals surface area contributed by atoms with Crippen molar-refractivity contribution in [2.24, 2.45) is 0 Å². The molecule has 0 saturated carbocycles. The van der Waals surface area contributed by atoms with Crippen molar-refractivity contribution >= 4 is 0 Å². The van der Waals surface area contributed by atoms with Crippen molar-refractivity contribution in [2.45, 2.75) is 70.6 Å². The van der Waals surface area contributed by atoms with E-state index in [9.17, 15) is 5.11 Å². The van der Waals surface area contributed by atoms with E-state index in [4.69, 9.17) is 4.74 Å². The zero-order valence-corrected chi connectivity index (χ0v) is 13.4. The van der Waals surface area contributed by atoms with Crippen LogP contribution < -0.4 is 4.74 Å². The fourth-order valence-electron chi connectivity index (χ4n) is 2.50. The lowest BCUT2D eigenvalue weighted by Crippen LogP contribution is -1.96. The Balaban J connectivity index is 1.75. The average molecular weight is 291 g/mol. The number of rotatable bonds is 14. The van der Waals surface area contributed by atoms with Crippen LogP contribution >= 0.6 is 0 Å². The predicted octanol–water partition coefficient (Wildman–Crippen LogP) is 5.79. The van der Waals surface area contributed by atoms with Gasteiger partial charge in [0.25, 0.3) is 0 Å². The molecule has 0 aliphatic heterocycles. The first kappa shape index (κ1) is 18.0. The van der Waals surface area contributed by atoms with Gasteiger partial charge in [0.2, 0.25) is 0 Å². The second kappa shape index (κ2) is 13.9. The minimum Gasteiger partial charge on any atom is -0.494 e. The van der Waals surface area contributed by atoms with Gasteiger partial charge in [-0.05, 0) is 25.0 Å². The highest BCUT2D eigenvalue weighted by atomic mass is 16.5. The molecule has 0 aliphatic carbocycles. The van der Waals surface area contributed by atoms with Gasteiger partial charge in [0.15, 0.2) is 0 Å². The van der Waals surface area contributed by atoms with Crippen LogP contribution in [0.5, 0.6) is 5.75 Å². The second-order valence-electron chi connectivity index (χ2n) is 5.75. The normalized spacial score (nSPS) is 10.7. The highest BCUT2D eigenvalue weighted by molar-refractivity contribution is 5.20. The smallest absolute Gasteiger partial charge is 0.119 e. The summed E-state index contributed by atoms with van der Waals surface area (Å²) in [7, 11) is 0. The van der Waals surface area contributed by atoms with Crippen LogP contribution in [-0.4, -0.2) is 13.2 Å². The van der Waals surface area contributed by atoms with Crippen LogP contribution in [0.3, 0.4) is 0 Å². The van der Waals surface area contributed by atoms with Gasteiger partial charge in [-0.15, -0.1) is 0 Å². The predicted molar refractivity (Wildman–Crippen MR) is 88.3 cm³/mol. The number of benzene rings is 1. The Kier molecular flexibility index (Phi) is 12.0. The zero-order chi connectivity index (χ0) is 15.0. The molecule has 0 amide bonds. The molecule has 0 heterocycles. The monoisotopic (exact) mass is 291 g/mol. The van der Waals surface area contributed by atoms with Crippen molar-refractivity contribution in [1.82, 2.24) is 0 Å². The zero-order valence-electron chi connectivity index (χ0n) is 13.4. The van der Waals surface area contributed by atoms with Crippen LogP contribution in [0, 0.1) is 0 Å². The van der Waals surface area contributed by atoms with Gasteiger partial charge in [0.1, 0.15) is 5.75 Å². The van der Waals surface area contributed by atoms with Gasteiger partial charge in [-0.2, -0.15) is 0 Å². The molecule has 1 aromatic rings. The van der Waals surface area contributed by atoms with Gasteiger partial charge in [-0.25, -0.2) is 5.11 Å². The summed E-state index contributed by atoms with van der Waals surface area (Å²) in [6.45, 7) is 0.942. The van der Waals surface area contributed by atoms with Crippen LogP contribution in [-0.2, 0) is 5.11 Å². The summed E-state index contributed by atoms with van der Waals surface area (Å²) in [4.78, 5) is 0. The van der Waals surface area contributed by atoms with Crippen LogP contribution in [0.15, 0.2) is 30.3 Å². The molecule has 1 radical (unpaired) electrons. The minimum absolute atomic E-state index is 0.105. The molecule has 0 atom stereocenters. The maximum Gasteiger partial charge on any atom is 0.119 e. The molecule has 2 nitrogen and oxygen atoms in total. The lowest BCUT2D eigenvalue weighted by molar-refractivity contribution is 0.186. The molecule has 0 bridgehead atoms. The SMILES string of the molecule is [O]CCCCCCCCCCCCCOc1ccccc1. The van der Waals surface area contributed by atoms with E-state index >= 15 is 0 Å². The van der Waals surface area contributed by atoms with Crippen molar-refractivity contribution in [2.75, 3.05) is 13.2 Å². The minimum atomic E-state index is 0.105. The number of para-hydroxylation sites is 1. The van der Waals surface area contributed by atoms with E-state index in [0.717, 1.165) is 31.6 Å². The van der Waals surface area contributed by atoms with E-state index in [1.54, 1.807) is 0 Å². The van der Waals surface area contributed by atoms with E-state index in [-0.39, 0.29) is 6.61 Å². The Hall–Kier alpha value is -1.02. The third kappa shape index (κ3) is 11.3. The van der Waals surface area contributed by atoms with Crippen molar-refractivity contribution in [3.05, 3.63) is 30.3 Å². The lowest BCUT2D eigenvalue weighted by Gasteiger charge is -2.05. The summed E-state index contributed by atoms with van der Waals surface area (Å²) in [5.74, 6) is 0.981. The molecule has 0 saturated heterocycles. The Morgan fingerprint density at radius 3 is 1.62 bits per heavy atom. The molecule has 0 aromatic heterocycles. The molecule has 119 valence electrons. The number of hydrogen-bond donors (Lipinski definition) is 0. The summed E-state index contributed by atoms with van der Waals surface area (Å²) >= 11 is 0. The first-order valence-corrected chi connectivity index (χ1v) is 8.69. The molecular formula is C19H31O2. The van der Waals surface area contributed by atoms with E-state index in [2.05, 4.69) is 0 Å². The van der Waals surface area contributed by atoms with Gasteiger partial charge < -0.3 is 4.74 Å². The third-order valence-corrected chi connectivity index (χ3v) is 3.80. The van der Waals surface area contributed by atoms with E-state index in [1.807, 2.05) is 30.3 Å². The number of unbranched alkanes of at least 4 members (excludes halogenated alkanes) is 10. The number of hydrogen-bond acceptors (Lipinski definition) is 1. The summed E-state index contributed by atoms with van der Waals surface area (Å²) < 4.78 is 5.68. The Labute approximate surface area is 130 Å². The summed E-state index contributed by atoms with van der Waals surface area (Å²) in [5, 5.41) is 10.3. The van der Waals surface area contributed by atoms with Crippen LogP contribution in [0.2, 0.25) is 0 Å². The first-order chi connectivity index (χ1) is 10.4. The lowest BCUT2D eigenvalue weighted by atomic mass is 10.1. The fraction of sp³-hybridized carbons (Fsp3) is 0.684. The van der Waals surface area contributed by atoms with Crippen molar-refractivity contribution in [3.8, 4) is 5.75 Å². The average Bonchev–Trinajstić information content (AvgIpc) is 2.53. The highest BCUT2D eigenvalue weighted by Crippen LogP contribution is 2.12. The summed E-state index contributed by atoms with van der Waals surface area (Å²) in [6.07, 6.45) is 13.7. The van der Waals surface area contributed by atoms with Crippen molar-refractivity contribution in [3.63, 3.8) is 0 Å². The molecule has 2 heteroatoms. The van der Waals surface area contributed by atoms with E-state index < -0.39 is 0 Å². The highest BCUT2D eigenvalue weighted by Gasteiger charge is 1.95. The topological polar surface area (TPSA) is 29.1 Å². The Morgan fingerprint density at radius 1 is 0.619 bits per heavy atom. The molecule has 1 rings (SSSR count). The van der Waals surface area contributed by atoms with Gasteiger partial charge in [-0.3, -0.25) is 0 Å². The largest absolute Gasteiger partial charge is 0.494 e. The van der Waals surface area contributed by atoms with Crippen LogP contribution in [0.1, 0.15) is 70.6 Å². The Morgan fingerprint density at radius 2 is 1.10 bits per heavy atom. The summed E-state index contributed by atoms with van der Waals surface area (Å²) in [5.41, 5.74) is 0. The maximum absolute atomic E-state index is 10.3. The molecule has 1 aromatic carbocycles. The summed E-state index contributed by atoms with van der Waals surface area (Å²) in [6, 6.07) is 10.1. The fourth-order valence-corrected chi connectivity index (χ4v) is 2.50. The van der Waals surface area contributed by atoms with E-state index in [0.29, 0.717) is 0 Å². The molecule has 0 spiro atoms. The van der Waals surface area contributed by atoms with Crippen molar-refractivity contribution in [1.29, 1.82) is 0 Å². The van der Waals surface area contributed by atoms with E-state index in [1.165, 1.54) is 51.4 Å². The number of ether oxygens (including phenoxy) is 1. The molecule has 21 heavy (non-hydrogen) atoms. The Bertz CT molecular complexity index is 311. The first-order valence-electron chi connectivity index (χ1n) is 8.69. The standard InChI is InChI=1S/C19H31O2/c20-17-13-8-6-4-2-1-3-5-7-9-14-18-21-19-15-11-10-12-16-19/h10-12,15-16H,1-9,13-14,17-18H2. The van der Waals surface area contributed by atoms with Crippen molar-refractivity contribution < 1.29 is 9.84 Å². The second-order valence-corrected chi connectivity index (χ2v) is 5.75. The van der Waals surface area contributed by atoms with Crippen LogP contribution in [0.25, 0.3) is 0 Å². The molecule has 0 aliphatic rings. The van der Waals surface area contributed by atoms with Gasteiger partial charge in [-0.1, -0.05) is 76.0 Å².